The van der Waals surface area contributed by atoms with E-state index in [-0.39, 0.29) is 17.7 Å². The first-order valence-corrected chi connectivity index (χ1v) is 6.73. The molecule has 0 bridgehead atoms. The first-order valence-electron chi connectivity index (χ1n) is 6.73. The summed E-state index contributed by atoms with van der Waals surface area (Å²) in [5.74, 6) is -0.828. The molecular weight excluding hydrogens is 242 g/mol. The van der Waals surface area contributed by atoms with Crippen molar-refractivity contribution in [2.75, 3.05) is 4.90 Å². The Bertz CT molecular complexity index is 484. The number of carboxylic acid groups (broad SMARTS) is 1. The van der Waals surface area contributed by atoms with E-state index in [9.17, 15) is 9.90 Å². The topological polar surface area (TPSA) is 60.8 Å². The maximum absolute atomic E-state index is 11.0. The third-order valence-electron chi connectivity index (χ3n) is 3.79. The van der Waals surface area contributed by atoms with Gasteiger partial charge in [-0.2, -0.15) is 0 Å². The van der Waals surface area contributed by atoms with Crippen LogP contribution >= 0.6 is 0 Å². The molecule has 0 amide bonds. The Labute approximate surface area is 113 Å². The number of benzene rings is 1. The van der Waals surface area contributed by atoms with Crippen molar-refractivity contribution in [1.82, 2.24) is 0 Å². The molecule has 0 fully saturated rings. The van der Waals surface area contributed by atoms with E-state index in [0.717, 1.165) is 17.7 Å². The van der Waals surface area contributed by atoms with Gasteiger partial charge in [0, 0.05) is 17.8 Å². The molecule has 2 unspecified atom stereocenters. The molecule has 1 aromatic carbocycles. The average Bonchev–Trinajstić information content (AvgIpc) is 2.65. The zero-order valence-electron chi connectivity index (χ0n) is 11.6. The van der Waals surface area contributed by atoms with Crippen LogP contribution in [-0.2, 0) is 11.2 Å². The minimum atomic E-state index is -0.748. The van der Waals surface area contributed by atoms with E-state index in [1.54, 1.807) is 19.1 Å². The summed E-state index contributed by atoms with van der Waals surface area (Å²) in [5, 5.41) is 18.6. The number of aromatic hydroxyl groups is 1. The zero-order valence-corrected chi connectivity index (χ0v) is 11.6. The van der Waals surface area contributed by atoms with Gasteiger partial charge >= 0.3 is 5.97 Å². The largest absolute Gasteiger partial charge is 0.508 e. The predicted octanol–water partition coefficient (Wildman–Crippen LogP) is 2.64. The third kappa shape index (κ3) is 2.67. The molecule has 2 rings (SSSR count). The Morgan fingerprint density at radius 1 is 1.42 bits per heavy atom. The van der Waals surface area contributed by atoms with Crippen LogP contribution in [0.15, 0.2) is 18.2 Å². The molecule has 2 atom stereocenters. The minimum Gasteiger partial charge on any atom is -0.508 e. The van der Waals surface area contributed by atoms with Crippen LogP contribution in [0.1, 0.15) is 32.8 Å². The van der Waals surface area contributed by atoms with E-state index in [0.29, 0.717) is 12.5 Å². The Balaban J connectivity index is 2.25. The summed E-state index contributed by atoms with van der Waals surface area (Å²) in [6.45, 7) is 5.97. The summed E-state index contributed by atoms with van der Waals surface area (Å²) in [7, 11) is 0. The van der Waals surface area contributed by atoms with Crippen molar-refractivity contribution in [1.29, 1.82) is 0 Å². The fourth-order valence-electron chi connectivity index (χ4n) is 2.94. The van der Waals surface area contributed by atoms with E-state index in [1.165, 1.54) is 0 Å². The van der Waals surface area contributed by atoms with Crippen LogP contribution in [0.25, 0.3) is 0 Å². The third-order valence-corrected chi connectivity index (χ3v) is 3.79. The maximum atomic E-state index is 11.0. The van der Waals surface area contributed by atoms with Crippen LogP contribution in [0.5, 0.6) is 5.75 Å². The molecule has 1 aliphatic rings. The molecule has 4 heteroatoms. The number of phenols is 1. The van der Waals surface area contributed by atoms with Gasteiger partial charge in [-0.1, -0.05) is 6.92 Å². The van der Waals surface area contributed by atoms with Gasteiger partial charge in [-0.3, -0.25) is 4.79 Å². The summed E-state index contributed by atoms with van der Waals surface area (Å²) in [4.78, 5) is 13.3. The number of carbonyl (C=O) groups is 1. The number of phenolic OH excluding ortho intramolecular Hbond substituents is 1. The fourth-order valence-corrected chi connectivity index (χ4v) is 2.94. The number of hydrogen-bond donors (Lipinski definition) is 2. The molecular formula is C15H21NO3. The van der Waals surface area contributed by atoms with Crippen molar-refractivity contribution in [3.8, 4) is 5.75 Å². The summed E-state index contributed by atoms with van der Waals surface area (Å²) in [5.41, 5.74) is 2.23. The van der Waals surface area contributed by atoms with Crippen molar-refractivity contribution in [3.05, 3.63) is 23.8 Å². The molecule has 0 saturated carbocycles. The molecule has 0 aliphatic carbocycles. The monoisotopic (exact) mass is 263 g/mol. The fraction of sp³-hybridized carbons (Fsp3) is 0.533. The summed E-state index contributed by atoms with van der Waals surface area (Å²) >= 11 is 0. The second-order valence-electron chi connectivity index (χ2n) is 5.65. The van der Waals surface area contributed by atoms with Crippen molar-refractivity contribution >= 4 is 11.7 Å². The highest BCUT2D eigenvalue weighted by molar-refractivity contribution is 5.70. The SMILES string of the molecule is CC(CC1Cc2cc(O)ccc2N1C(C)C)C(=O)O. The van der Waals surface area contributed by atoms with E-state index >= 15 is 0 Å². The van der Waals surface area contributed by atoms with Gasteiger partial charge in [0.05, 0.1) is 5.92 Å². The normalized spacial score (nSPS) is 19.6. The molecule has 0 saturated heterocycles. The van der Waals surface area contributed by atoms with Gasteiger partial charge in [-0.25, -0.2) is 0 Å². The van der Waals surface area contributed by atoms with Crippen molar-refractivity contribution < 1.29 is 15.0 Å². The second-order valence-corrected chi connectivity index (χ2v) is 5.65. The lowest BCUT2D eigenvalue weighted by Gasteiger charge is -2.32. The van der Waals surface area contributed by atoms with Gasteiger partial charge < -0.3 is 15.1 Å². The van der Waals surface area contributed by atoms with Crippen LogP contribution in [-0.4, -0.2) is 28.3 Å². The molecule has 19 heavy (non-hydrogen) atoms. The summed E-state index contributed by atoms with van der Waals surface area (Å²) < 4.78 is 0. The summed E-state index contributed by atoms with van der Waals surface area (Å²) in [6.07, 6.45) is 1.43. The van der Waals surface area contributed by atoms with Gasteiger partial charge in [0.25, 0.3) is 0 Å². The standard InChI is InChI=1S/C15H21NO3/c1-9(2)16-12(6-10(3)15(18)19)7-11-8-13(17)4-5-14(11)16/h4-5,8-10,12,17H,6-7H2,1-3H3,(H,18,19). The highest BCUT2D eigenvalue weighted by Crippen LogP contribution is 2.38. The number of hydrogen-bond acceptors (Lipinski definition) is 3. The number of aliphatic carboxylic acids is 1. The van der Waals surface area contributed by atoms with E-state index in [2.05, 4.69) is 18.7 Å². The summed E-state index contributed by atoms with van der Waals surface area (Å²) in [6, 6.07) is 5.92. The van der Waals surface area contributed by atoms with Crippen molar-refractivity contribution in [2.45, 2.75) is 45.7 Å². The lowest BCUT2D eigenvalue weighted by Crippen LogP contribution is -2.39. The minimum absolute atomic E-state index is 0.197. The van der Waals surface area contributed by atoms with E-state index < -0.39 is 5.97 Å². The molecule has 2 N–H and O–H groups in total. The molecule has 0 aromatic heterocycles. The predicted molar refractivity (Wildman–Crippen MR) is 74.6 cm³/mol. The molecule has 4 nitrogen and oxygen atoms in total. The molecule has 1 heterocycles. The lowest BCUT2D eigenvalue weighted by molar-refractivity contribution is -0.141. The van der Waals surface area contributed by atoms with Crippen LogP contribution in [0.3, 0.4) is 0 Å². The highest BCUT2D eigenvalue weighted by Gasteiger charge is 2.33. The molecule has 1 aliphatic heterocycles. The first-order chi connectivity index (χ1) is 8.90. The Kier molecular flexibility index (Phi) is 3.69. The zero-order chi connectivity index (χ0) is 14.2. The van der Waals surface area contributed by atoms with Crippen LogP contribution in [0.4, 0.5) is 5.69 Å². The van der Waals surface area contributed by atoms with Gasteiger partial charge in [0.1, 0.15) is 5.75 Å². The Hall–Kier alpha value is -1.71. The number of nitrogens with zero attached hydrogens (tertiary/aromatic N) is 1. The van der Waals surface area contributed by atoms with Crippen molar-refractivity contribution in [2.24, 2.45) is 5.92 Å². The smallest absolute Gasteiger partial charge is 0.306 e. The number of anilines is 1. The van der Waals surface area contributed by atoms with Gasteiger partial charge in [-0.15, -0.1) is 0 Å². The van der Waals surface area contributed by atoms with Crippen LogP contribution < -0.4 is 4.90 Å². The average molecular weight is 263 g/mol. The molecule has 1 aromatic rings. The number of rotatable bonds is 4. The van der Waals surface area contributed by atoms with E-state index in [1.807, 2.05) is 6.07 Å². The van der Waals surface area contributed by atoms with Gasteiger partial charge in [0.15, 0.2) is 0 Å². The van der Waals surface area contributed by atoms with Crippen LogP contribution in [0, 0.1) is 5.92 Å². The van der Waals surface area contributed by atoms with Crippen LogP contribution in [0.2, 0.25) is 0 Å². The van der Waals surface area contributed by atoms with Gasteiger partial charge in [-0.05, 0) is 50.5 Å². The number of carboxylic acids is 1. The number of fused-ring (bicyclic) bond motifs is 1. The maximum Gasteiger partial charge on any atom is 0.306 e. The Morgan fingerprint density at radius 2 is 2.11 bits per heavy atom. The molecule has 0 spiro atoms. The van der Waals surface area contributed by atoms with Crippen molar-refractivity contribution in [3.63, 3.8) is 0 Å². The van der Waals surface area contributed by atoms with Gasteiger partial charge in [0.2, 0.25) is 0 Å². The highest BCUT2D eigenvalue weighted by atomic mass is 16.4. The quantitative estimate of drug-likeness (QED) is 0.876. The van der Waals surface area contributed by atoms with E-state index in [4.69, 9.17) is 5.11 Å². The lowest BCUT2D eigenvalue weighted by atomic mass is 9.98. The first kappa shape index (κ1) is 13.7. The molecule has 104 valence electrons. The molecule has 0 radical (unpaired) electrons. The Morgan fingerprint density at radius 3 is 2.68 bits per heavy atom. The second kappa shape index (κ2) is 5.11.